The maximum Gasteiger partial charge on any atom is 0.327 e. The number of esters is 1. The number of ether oxygens (including phenoxy) is 1. The lowest BCUT2D eigenvalue weighted by molar-refractivity contribution is -0.144. The predicted octanol–water partition coefficient (Wildman–Crippen LogP) is 0.370. The Morgan fingerprint density at radius 3 is 2.48 bits per heavy atom. The number of urea groups is 1. The lowest BCUT2D eigenvalue weighted by atomic mass is 10.1. The topological polar surface area (TPSA) is 87.2 Å². The van der Waals surface area contributed by atoms with E-state index >= 15 is 0 Å². The van der Waals surface area contributed by atoms with E-state index < -0.39 is 23.9 Å². The number of amides is 3. The van der Waals surface area contributed by atoms with Crippen molar-refractivity contribution in [3.8, 4) is 5.75 Å². The third-order valence-corrected chi connectivity index (χ3v) is 3.43. The molecule has 1 aliphatic heterocycles. The number of hydrogen-bond donors (Lipinski definition) is 1. The van der Waals surface area contributed by atoms with Gasteiger partial charge in [0.1, 0.15) is 18.3 Å². The first kappa shape index (κ1) is 14.8. The Bertz CT molecular complexity index is 569. The number of hydrogen-bond acceptors (Lipinski definition) is 5. The highest BCUT2D eigenvalue weighted by molar-refractivity contribution is 6.06. The summed E-state index contributed by atoms with van der Waals surface area (Å²) < 4.78 is 4.48. The largest absolute Gasteiger partial charge is 0.508 e. The molecule has 0 spiro atoms. The molecule has 1 aliphatic rings. The third-order valence-electron chi connectivity index (χ3n) is 3.43. The van der Waals surface area contributed by atoms with Gasteiger partial charge in [-0.05, 0) is 17.7 Å². The van der Waals surface area contributed by atoms with E-state index in [1.54, 1.807) is 12.1 Å². The van der Waals surface area contributed by atoms with E-state index in [0.29, 0.717) is 6.42 Å². The van der Waals surface area contributed by atoms with Crippen molar-refractivity contribution in [2.75, 3.05) is 20.7 Å². The number of imide groups is 1. The van der Waals surface area contributed by atoms with Gasteiger partial charge in [-0.1, -0.05) is 12.1 Å². The fourth-order valence-corrected chi connectivity index (χ4v) is 2.18. The number of rotatable bonds is 4. The zero-order valence-electron chi connectivity index (χ0n) is 11.8. The van der Waals surface area contributed by atoms with Crippen molar-refractivity contribution < 1.29 is 24.2 Å². The van der Waals surface area contributed by atoms with Gasteiger partial charge in [0.2, 0.25) is 0 Å². The Balaban J connectivity index is 2.13. The summed E-state index contributed by atoms with van der Waals surface area (Å²) in [7, 11) is 2.72. The second-order valence-electron chi connectivity index (χ2n) is 4.78. The zero-order valence-corrected chi connectivity index (χ0v) is 11.8. The normalized spacial score (nSPS) is 18.3. The maximum absolute atomic E-state index is 12.3. The zero-order chi connectivity index (χ0) is 15.6. The van der Waals surface area contributed by atoms with Crippen LogP contribution in [0, 0.1) is 0 Å². The molecular weight excluding hydrogens is 276 g/mol. The van der Waals surface area contributed by atoms with Crippen molar-refractivity contribution in [1.29, 1.82) is 0 Å². The van der Waals surface area contributed by atoms with Crippen LogP contribution < -0.4 is 0 Å². The van der Waals surface area contributed by atoms with E-state index in [0.717, 1.165) is 10.5 Å². The van der Waals surface area contributed by atoms with Crippen molar-refractivity contribution >= 4 is 17.9 Å². The molecule has 2 rings (SSSR count). The van der Waals surface area contributed by atoms with Crippen LogP contribution in [-0.2, 0) is 20.7 Å². The summed E-state index contributed by atoms with van der Waals surface area (Å²) in [5, 5.41) is 9.24. The Morgan fingerprint density at radius 1 is 1.29 bits per heavy atom. The maximum atomic E-state index is 12.3. The number of carbonyl (C=O) groups is 3. The summed E-state index contributed by atoms with van der Waals surface area (Å²) in [4.78, 5) is 37.7. The molecule has 21 heavy (non-hydrogen) atoms. The van der Waals surface area contributed by atoms with Crippen LogP contribution in [0.25, 0.3) is 0 Å². The van der Waals surface area contributed by atoms with Gasteiger partial charge in [0.15, 0.2) is 0 Å². The molecule has 1 aromatic rings. The first-order chi connectivity index (χ1) is 9.93. The fraction of sp³-hybridized carbons (Fsp3) is 0.357. The number of carbonyl (C=O) groups excluding carboxylic acids is 3. The minimum absolute atomic E-state index is 0.133. The van der Waals surface area contributed by atoms with Crippen molar-refractivity contribution in [3.05, 3.63) is 29.8 Å². The molecule has 1 saturated heterocycles. The van der Waals surface area contributed by atoms with Crippen LogP contribution in [-0.4, -0.2) is 59.6 Å². The summed E-state index contributed by atoms with van der Waals surface area (Å²) >= 11 is 0. The summed E-state index contributed by atoms with van der Waals surface area (Å²) in [5.74, 6) is -0.940. The van der Waals surface area contributed by atoms with Gasteiger partial charge >= 0.3 is 12.0 Å². The molecule has 0 aliphatic carbocycles. The SMILES string of the molecule is COC(=O)CN1C(=O)C(Cc2ccc(O)cc2)N(C)C1=O. The quantitative estimate of drug-likeness (QED) is 0.640. The molecule has 0 bridgehead atoms. The first-order valence-corrected chi connectivity index (χ1v) is 6.37. The molecule has 1 N–H and O–H groups in total. The van der Waals surface area contributed by atoms with Gasteiger partial charge < -0.3 is 14.7 Å². The van der Waals surface area contributed by atoms with Gasteiger partial charge in [0.25, 0.3) is 5.91 Å². The number of aromatic hydroxyl groups is 1. The van der Waals surface area contributed by atoms with Gasteiger partial charge in [-0.3, -0.25) is 14.5 Å². The van der Waals surface area contributed by atoms with E-state index in [1.165, 1.54) is 31.2 Å². The summed E-state index contributed by atoms with van der Waals surface area (Å²) in [6, 6.07) is 5.22. The predicted molar refractivity (Wildman–Crippen MR) is 72.5 cm³/mol. The molecule has 0 aromatic heterocycles. The van der Waals surface area contributed by atoms with Gasteiger partial charge in [-0.2, -0.15) is 0 Å². The number of nitrogens with zero attached hydrogens (tertiary/aromatic N) is 2. The molecule has 0 radical (unpaired) electrons. The second-order valence-corrected chi connectivity index (χ2v) is 4.78. The fourth-order valence-electron chi connectivity index (χ4n) is 2.18. The highest BCUT2D eigenvalue weighted by Crippen LogP contribution is 2.20. The van der Waals surface area contributed by atoms with E-state index in [1.807, 2.05) is 0 Å². The molecule has 1 fully saturated rings. The van der Waals surface area contributed by atoms with E-state index in [-0.39, 0.29) is 12.3 Å². The van der Waals surface area contributed by atoms with Gasteiger partial charge in [-0.25, -0.2) is 4.79 Å². The van der Waals surface area contributed by atoms with Crippen molar-refractivity contribution in [2.24, 2.45) is 0 Å². The average molecular weight is 292 g/mol. The summed E-state index contributed by atoms with van der Waals surface area (Å²) in [6.45, 7) is -0.384. The molecule has 7 nitrogen and oxygen atoms in total. The molecule has 1 atom stereocenters. The van der Waals surface area contributed by atoms with Gasteiger partial charge in [-0.15, -0.1) is 0 Å². The Hall–Kier alpha value is -2.57. The highest BCUT2D eigenvalue weighted by atomic mass is 16.5. The smallest absolute Gasteiger partial charge is 0.327 e. The van der Waals surface area contributed by atoms with E-state index in [4.69, 9.17) is 0 Å². The van der Waals surface area contributed by atoms with Crippen LogP contribution in [0.2, 0.25) is 0 Å². The van der Waals surface area contributed by atoms with Crippen LogP contribution in [0.1, 0.15) is 5.56 Å². The van der Waals surface area contributed by atoms with E-state index in [9.17, 15) is 19.5 Å². The summed E-state index contributed by atoms with van der Waals surface area (Å²) in [5.41, 5.74) is 0.811. The lowest BCUT2D eigenvalue weighted by Gasteiger charge is -2.15. The minimum Gasteiger partial charge on any atom is -0.508 e. The third kappa shape index (κ3) is 2.96. The first-order valence-electron chi connectivity index (χ1n) is 6.37. The van der Waals surface area contributed by atoms with Crippen LogP contribution >= 0.6 is 0 Å². The standard InChI is InChI=1S/C14H16N2O5/c1-15-11(7-9-3-5-10(17)6-4-9)13(19)16(14(15)20)8-12(18)21-2/h3-6,11,17H,7-8H2,1-2H3. The molecule has 0 saturated carbocycles. The van der Waals surface area contributed by atoms with Gasteiger partial charge in [0.05, 0.1) is 7.11 Å². The monoisotopic (exact) mass is 292 g/mol. The number of methoxy groups -OCH3 is 1. The van der Waals surface area contributed by atoms with Crippen molar-refractivity contribution in [1.82, 2.24) is 9.80 Å². The molecule has 1 heterocycles. The Labute approximate surface area is 121 Å². The van der Waals surface area contributed by atoms with Crippen LogP contribution in [0.3, 0.4) is 0 Å². The van der Waals surface area contributed by atoms with Crippen LogP contribution in [0.5, 0.6) is 5.75 Å². The number of benzene rings is 1. The average Bonchev–Trinajstić information content (AvgIpc) is 2.67. The molecule has 1 aromatic carbocycles. The van der Waals surface area contributed by atoms with Crippen molar-refractivity contribution in [3.63, 3.8) is 0 Å². The van der Waals surface area contributed by atoms with E-state index in [2.05, 4.69) is 4.74 Å². The number of likely N-dealkylation sites (N-methyl/N-ethyl adjacent to an activating group) is 1. The molecule has 3 amide bonds. The van der Waals surface area contributed by atoms with Crippen LogP contribution in [0.15, 0.2) is 24.3 Å². The van der Waals surface area contributed by atoms with Crippen molar-refractivity contribution in [2.45, 2.75) is 12.5 Å². The Morgan fingerprint density at radius 2 is 1.90 bits per heavy atom. The van der Waals surface area contributed by atoms with Crippen LogP contribution in [0.4, 0.5) is 4.79 Å². The highest BCUT2D eigenvalue weighted by Gasteiger charge is 2.43. The molecule has 7 heteroatoms. The number of phenols is 1. The lowest BCUT2D eigenvalue weighted by Crippen LogP contribution is -2.36. The molecular formula is C14H16N2O5. The molecule has 1 unspecified atom stereocenters. The minimum atomic E-state index is -0.660. The Kier molecular flexibility index (Phi) is 4.11. The molecule has 112 valence electrons. The van der Waals surface area contributed by atoms with Gasteiger partial charge in [0, 0.05) is 13.5 Å². The second kappa shape index (κ2) is 5.82. The number of phenolic OH excluding ortho intramolecular Hbond substituents is 1. The summed E-state index contributed by atoms with van der Waals surface area (Å²) in [6.07, 6.45) is 0.318.